The van der Waals surface area contributed by atoms with E-state index >= 15 is 0 Å². The molecule has 3 aromatic rings. The molecule has 0 aliphatic heterocycles. The van der Waals surface area contributed by atoms with Crippen LogP contribution in [-0.4, -0.2) is 33.5 Å². The third-order valence-corrected chi connectivity index (χ3v) is 3.66. The molecule has 0 saturated carbocycles. The summed E-state index contributed by atoms with van der Waals surface area (Å²) >= 11 is 0. The molecule has 8 heteroatoms. The number of rotatable bonds is 5. The molecular weight excluding hydrogens is 314 g/mol. The fraction of sp³-hybridized carbons (Fsp3) is 0.267. The molecule has 1 atom stereocenters. The summed E-state index contributed by atoms with van der Waals surface area (Å²) in [4.78, 5) is 15.8. The fourth-order valence-corrected chi connectivity index (χ4v) is 2.57. The minimum absolute atomic E-state index is 0. The standard InChI is InChI=1S/C15H19N7.ClH/c1-18-5-3-11(16)9-2-6-19-14-13(9)10(8-21-14)12-4-7-20-15(17)22-12;/h2,4,6-8,11,18H,3,5,16H2,1H3,(H,19,21)(H2,17,20,22);1H. The summed E-state index contributed by atoms with van der Waals surface area (Å²) in [5, 5.41) is 4.11. The summed E-state index contributed by atoms with van der Waals surface area (Å²) in [6.45, 7) is 0.852. The zero-order chi connectivity index (χ0) is 15.5. The van der Waals surface area contributed by atoms with Gasteiger partial charge in [-0.25, -0.2) is 15.0 Å². The number of nitrogens with two attached hydrogens (primary N) is 2. The molecule has 3 rings (SSSR count). The van der Waals surface area contributed by atoms with Crippen LogP contribution in [0.1, 0.15) is 18.0 Å². The monoisotopic (exact) mass is 333 g/mol. The predicted octanol–water partition coefficient (Wildman–Crippen LogP) is 1.63. The van der Waals surface area contributed by atoms with Gasteiger partial charge in [0.15, 0.2) is 0 Å². The number of pyridine rings is 1. The summed E-state index contributed by atoms with van der Waals surface area (Å²) in [7, 11) is 1.92. The summed E-state index contributed by atoms with van der Waals surface area (Å²) in [6.07, 6.45) is 6.14. The van der Waals surface area contributed by atoms with Crippen LogP contribution in [0.2, 0.25) is 0 Å². The topological polar surface area (TPSA) is 119 Å². The second-order valence-electron chi connectivity index (χ2n) is 5.12. The highest BCUT2D eigenvalue weighted by Gasteiger charge is 2.16. The number of nitrogens with one attached hydrogen (secondary N) is 2. The van der Waals surface area contributed by atoms with Crippen molar-refractivity contribution in [3.05, 3.63) is 36.3 Å². The first kappa shape index (κ1) is 17.1. The molecule has 6 N–H and O–H groups in total. The van der Waals surface area contributed by atoms with Crippen LogP contribution < -0.4 is 16.8 Å². The lowest BCUT2D eigenvalue weighted by atomic mass is 9.99. The molecule has 0 aromatic carbocycles. The van der Waals surface area contributed by atoms with E-state index in [1.807, 2.05) is 25.4 Å². The maximum absolute atomic E-state index is 6.34. The van der Waals surface area contributed by atoms with Crippen LogP contribution in [-0.2, 0) is 0 Å². The number of hydrogen-bond acceptors (Lipinski definition) is 6. The van der Waals surface area contributed by atoms with E-state index in [-0.39, 0.29) is 24.4 Å². The Balaban J connectivity index is 0.00000192. The number of H-pyrrole nitrogens is 1. The minimum atomic E-state index is -0.0771. The molecule has 0 fully saturated rings. The smallest absolute Gasteiger partial charge is 0.220 e. The average molecular weight is 334 g/mol. The fourth-order valence-electron chi connectivity index (χ4n) is 2.57. The Bertz CT molecular complexity index is 786. The Morgan fingerprint density at radius 2 is 2.04 bits per heavy atom. The SMILES string of the molecule is CNCCC(N)c1ccnc2[nH]cc(-c3ccnc(N)n3)c12.Cl. The summed E-state index contributed by atoms with van der Waals surface area (Å²) in [5.74, 6) is 0.247. The van der Waals surface area contributed by atoms with Gasteiger partial charge in [0.25, 0.3) is 0 Å². The summed E-state index contributed by atoms with van der Waals surface area (Å²) in [6, 6.07) is 3.71. The highest BCUT2D eigenvalue weighted by molar-refractivity contribution is 5.95. The molecule has 7 nitrogen and oxygen atoms in total. The van der Waals surface area contributed by atoms with E-state index in [2.05, 4.69) is 25.3 Å². The average Bonchev–Trinajstić information content (AvgIpc) is 2.96. The van der Waals surface area contributed by atoms with Crippen LogP contribution in [0.4, 0.5) is 5.95 Å². The van der Waals surface area contributed by atoms with E-state index in [0.29, 0.717) is 0 Å². The number of nitrogens with zero attached hydrogens (tertiary/aromatic N) is 3. The second kappa shape index (κ2) is 7.36. The lowest BCUT2D eigenvalue weighted by Gasteiger charge is -2.14. The molecule has 0 amide bonds. The van der Waals surface area contributed by atoms with Gasteiger partial charge in [0.1, 0.15) is 5.65 Å². The number of nitrogen functional groups attached to an aromatic ring is 1. The van der Waals surface area contributed by atoms with E-state index in [9.17, 15) is 0 Å². The van der Waals surface area contributed by atoms with Crippen molar-refractivity contribution in [2.24, 2.45) is 5.73 Å². The van der Waals surface area contributed by atoms with Crippen molar-refractivity contribution in [2.75, 3.05) is 19.3 Å². The van der Waals surface area contributed by atoms with E-state index < -0.39 is 0 Å². The van der Waals surface area contributed by atoms with Crippen molar-refractivity contribution in [3.8, 4) is 11.3 Å². The Morgan fingerprint density at radius 1 is 1.26 bits per heavy atom. The zero-order valence-corrected chi connectivity index (χ0v) is 13.6. The largest absolute Gasteiger partial charge is 0.368 e. The third-order valence-electron chi connectivity index (χ3n) is 3.66. The van der Waals surface area contributed by atoms with Gasteiger partial charge >= 0.3 is 0 Å². The number of halogens is 1. The van der Waals surface area contributed by atoms with Gasteiger partial charge in [-0.1, -0.05) is 0 Å². The molecule has 0 bridgehead atoms. The number of aromatic nitrogens is 4. The van der Waals surface area contributed by atoms with Crippen LogP contribution in [0, 0.1) is 0 Å². The molecule has 0 aliphatic rings. The number of anilines is 1. The van der Waals surface area contributed by atoms with Crippen LogP contribution in [0.15, 0.2) is 30.7 Å². The first-order valence-electron chi connectivity index (χ1n) is 7.15. The minimum Gasteiger partial charge on any atom is -0.368 e. The van der Waals surface area contributed by atoms with E-state index in [1.54, 1.807) is 12.4 Å². The Hall–Kier alpha value is -2.22. The number of hydrogen-bond donors (Lipinski definition) is 4. The summed E-state index contributed by atoms with van der Waals surface area (Å²) < 4.78 is 0. The number of fused-ring (bicyclic) bond motifs is 1. The zero-order valence-electron chi connectivity index (χ0n) is 12.8. The normalized spacial score (nSPS) is 12.1. The van der Waals surface area contributed by atoms with Crippen molar-refractivity contribution in [1.29, 1.82) is 0 Å². The molecule has 0 radical (unpaired) electrons. The maximum Gasteiger partial charge on any atom is 0.220 e. The maximum atomic E-state index is 6.34. The highest BCUT2D eigenvalue weighted by Crippen LogP contribution is 2.32. The molecule has 3 heterocycles. The number of aromatic amines is 1. The quantitative estimate of drug-likeness (QED) is 0.563. The first-order valence-corrected chi connectivity index (χ1v) is 7.15. The van der Waals surface area contributed by atoms with Gasteiger partial charge in [-0.05, 0) is 37.7 Å². The van der Waals surface area contributed by atoms with E-state index in [1.165, 1.54) is 0 Å². The Kier molecular flexibility index (Phi) is 5.49. The molecular formula is C15H20ClN7. The van der Waals surface area contributed by atoms with Crippen molar-refractivity contribution >= 4 is 29.4 Å². The van der Waals surface area contributed by atoms with E-state index in [4.69, 9.17) is 11.5 Å². The molecule has 0 saturated heterocycles. The lowest BCUT2D eigenvalue weighted by Crippen LogP contribution is -2.18. The second-order valence-corrected chi connectivity index (χ2v) is 5.12. The highest BCUT2D eigenvalue weighted by atomic mass is 35.5. The van der Waals surface area contributed by atoms with Gasteiger partial charge in [-0.2, -0.15) is 0 Å². The predicted molar refractivity (Wildman–Crippen MR) is 94.3 cm³/mol. The van der Waals surface area contributed by atoms with Crippen molar-refractivity contribution < 1.29 is 0 Å². The van der Waals surface area contributed by atoms with Crippen molar-refractivity contribution in [2.45, 2.75) is 12.5 Å². The molecule has 3 aromatic heterocycles. The van der Waals surface area contributed by atoms with Crippen LogP contribution >= 0.6 is 12.4 Å². The Labute approximate surface area is 140 Å². The van der Waals surface area contributed by atoms with Gasteiger partial charge in [-0.15, -0.1) is 12.4 Å². The van der Waals surface area contributed by atoms with Crippen molar-refractivity contribution in [1.82, 2.24) is 25.3 Å². The van der Waals surface area contributed by atoms with Crippen LogP contribution in [0.25, 0.3) is 22.3 Å². The molecule has 0 aliphatic carbocycles. The van der Waals surface area contributed by atoms with Gasteiger partial charge in [0.05, 0.1) is 5.69 Å². The van der Waals surface area contributed by atoms with Crippen LogP contribution in [0.3, 0.4) is 0 Å². The molecule has 1 unspecified atom stereocenters. The molecule has 0 spiro atoms. The van der Waals surface area contributed by atoms with Gasteiger partial charge in [0, 0.05) is 35.6 Å². The lowest BCUT2D eigenvalue weighted by molar-refractivity contribution is 0.618. The van der Waals surface area contributed by atoms with Gasteiger partial charge in [0.2, 0.25) is 5.95 Å². The third kappa shape index (κ3) is 3.42. The van der Waals surface area contributed by atoms with Crippen molar-refractivity contribution in [3.63, 3.8) is 0 Å². The van der Waals surface area contributed by atoms with Crippen LogP contribution in [0.5, 0.6) is 0 Å². The first-order chi connectivity index (χ1) is 10.7. The van der Waals surface area contributed by atoms with E-state index in [0.717, 1.165) is 40.8 Å². The van der Waals surface area contributed by atoms with Gasteiger partial charge < -0.3 is 21.8 Å². The summed E-state index contributed by atoms with van der Waals surface area (Å²) in [5.41, 5.74) is 15.6. The Morgan fingerprint density at radius 3 is 2.78 bits per heavy atom. The molecule has 23 heavy (non-hydrogen) atoms. The molecule has 122 valence electrons. The van der Waals surface area contributed by atoms with Gasteiger partial charge in [-0.3, -0.25) is 0 Å².